The van der Waals surface area contributed by atoms with E-state index in [0.29, 0.717) is 17.2 Å². The normalized spacial score (nSPS) is 11.1. The third-order valence-corrected chi connectivity index (χ3v) is 8.91. The van der Waals surface area contributed by atoms with E-state index in [1.165, 1.54) is 0 Å². The van der Waals surface area contributed by atoms with Crippen molar-refractivity contribution in [2.75, 3.05) is 39.6 Å². The number of carbonyl (C=O) groups excluding carboxylic acids is 3. The van der Waals surface area contributed by atoms with E-state index in [1.54, 1.807) is 0 Å². The van der Waals surface area contributed by atoms with Gasteiger partial charge in [0, 0.05) is 29.1 Å². The van der Waals surface area contributed by atoms with E-state index in [2.05, 4.69) is 64.8 Å². The Labute approximate surface area is 311 Å². The standard InChI is InChI=1S/C44H46O9/c1-7-40(45)51-29-26-48-37-20-14-33(15-21-37)43(4,5)32-10-12-34(13-11-32)44(6,35-16-22-38(23-17-35)49-27-30-52-41(46)8-2)36-18-24-39(25-19-36)50-28-31-53-42(47)9-3/h7-25H,1-3,26-31H2,4-6H3. The highest BCUT2D eigenvalue weighted by Gasteiger charge is 2.32. The summed E-state index contributed by atoms with van der Waals surface area (Å²) < 4.78 is 32.4. The maximum atomic E-state index is 11.4. The molecule has 9 nitrogen and oxygen atoms in total. The fraction of sp³-hybridized carbons (Fsp3) is 0.250. The number of benzene rings is 4. The summed E-state index contributed by atoms with van der Waals surface area (Å²) in [4.78, 5) is 34.0. The molecular formula is C44H46O9. The highest BCUT2D eigenvalue weighted by molar-refractivity contribution is 5.81. The molecule has 9 heteroatoms. The molecule has 4 aromatic rings. The monoisotopic (exact) mass is 718 g/mol. The number of esters is 3. The van der Waals surface area contributed by atoms with Gasteiger partial charge in [-0.25, -0.2) is 14.4 Å². The molecule has 0 unspecified atom stereocenters. The SMILES string of the molecule is C=CC(=O)OCCOc1ccc(C(C)(C)c2ccc(C(C)(c3ccc(OCCOC(=O)C=C)cc3)c3ccc(OCCOC(=O)C=C)cc3)cc2)cc1. The van der Waals surface area contributed by atoms with Gasteiger partial charge in [-0.2, -0.15) is 0 Å². The molecule has 0 heterocycles. The predicted octanol–water partition coefficient (Wildman–Crippen LogP) is 7.69. The van der Waals surface area contributed by atoms with Gasteiger partial charge in [-0.3, -0.25) is 0 Å². The van der Waals surface area contributed by atoms with Gasteiger partial charge in [0.15, 0.2) is 0 Å². The zero-order valence-corrected chi connectivity index (χ0v) is 30.5. The van der Waals surface area contributed by atoms with Crippen molar-refractivity contribution in [1.29, 1.82) is 0 Å². The van der Waals surface area contributed by atoms with Gasteiger partial charge >= 0.3 is 17.9 Å². The van der Waals surface area contributed by atoms with Crippen LogP contribution in [0, 0.1) is 0 Å². The molecule has 0 atom stereocenters. The van der Waals surface area contributed by atoms with E-state index in [1.807, 2.05) is 72.8 Å². The molecule has 276 valence electrons. The molecule has 53 heavy (non-hydrogen) atoms. The van der Waals surface area contributed by atoms with Crippen molar-refractivity contribution >= 4 is 17.9 Å². The number of carbonyl (C=O) groups is 3. The molecule has 0 bridgehead atoms. The Bertz CT molecular complexity index is 1770. The van der Waals surface area contributed by atoms with Crippen molar-refractivity contribution in [3.63, 3.8) is 0 Å². The Morgan fingerprint density at radius 2 is 0.679 bits per heavy atom. The van der Waals surface area contributed by atoms with Gasteiger partial charge in [0.25, 0.3) is 0 Å². The van der Waals surface area contributed by atoms with E-state index >= 15 is 0 Å². The van der Waals surface area contributed by atoms with Gasteiger partial charge in [0.2, 0.25) is 0 Å². The van der Waals surface area contributed by atoms with Crippen LogP contribution >= 0.6 is 0 Å². The highest BCUT2D eigenvalue weighted by atomic mass is 16.6. The predicted molar refractivity (Wildman–Crippen MR) is 203 cm³/mol. The number of ether oxygens (including phenoxy) is 6. The first-order valence-electron chi connectivity index (χ1n) is 17.2. The van der Waals surface area contributed by atoms with Gasteiger partial charge < -0.3 is 28.4 Å². The second kappa shape index (κ2) is 18.9. The van der Waals surface area contributed by atoms with E-state index in [4.69, 9.17) is 28.4 Å². The third kappa shape index (κ3) is 10.7. The van der Waals surface area contributed by atoms with Gasteiger partial charge in [0.1, 0.15) is 56.9 Å². The molecule has 4 aromatic carbocycles. The Balaban J connectivity index is 1.56. The smallest absolute Gasteiger partial charge is 0.330 e. The average Bonchev–Trinajstić information content (AvgIpc) is 3.19. The van der Waals surface area contributed by atoms with Crippen LogP contribution < -0.4 is 14.2 Å². The van der Waals surface area contributed by atoms with E-state index in [9.17, 15) is 14.4 Å². The Kier molecular flexibility index (Phi) is 14.2. The lowest BCUT2D eigenvalue weighted by Gasteiger charge is -2.33. The highest BCUT2D eigenvalue weighted by Crippen LogP contribution is 2.41. The first-order chi connectivity index (χ1) is 25.5. The minimum atomic E-state index is -0.572. The molecular weight excluding hydrogens is 672 g/mol. The Morgan fingerprint density at radius 3 is 0.962 bits per heavy atom. The van der Waals surface area contributed by atoms with Gasteiger partial charge in [-0.1, -0.05) is 94.2 Å². The first-order valence-corrected chi connectivity index (χ1v) is 17.2. The molecule has 0 aliphatic rings. The van der Waals surface area contributed by atoms with E-state index < -0.39 is 23.3 Å². The van der Waals surface area contributed by atoms with Crippen LogP contribution in [0.4, 0.5) is 0 Å². The van der Waals surface area contributed by atoms with Gasteiger partial charge in [-0.15, -0.1) is 0 Å². The summed E-state index contributed by atoms with van der Waals surface area (Å²) >= 11 is 0. The van der Waals surface area contributed by atoms with Crippen LogP contribution in [0.2, 0.25) is 0 Å². The minimum absolute atomic E-state index is 0.116. The summed E-state index contributed by atoms with van der Waals surface area (Å²) in [5.74, 6) is 0.517. The summed E-state index contributed by atoms with van der Waals surface area (Å²) in [6.07, 6.45) is 3.36. The molecule has 0 N–H and O–H groups in total. The Hall–Kier alpha value is -6.09. The lowest BCUT2D eigenvalue weighted by Crippen LogP contribution is -2.26. The molecule has 0 aliphatic heterocycles. The molecule has 0 aromatic heterocycles. The zero-order chi connectivity index (χ0) is 38.3. The summed E-state index contributed by atoms with van der Waals surface area (Å²) in [6.45, 7) is 17.8. The van der Waals surface area contributed by atoms with Crippen molar-refractivity contribution in [2.24, 2.45) is 0 Å². The summed E-state index contributed by atoms with van der Waals surface area (Å²) in [5.41, 5.74) is 4.51. The molecule has 0 spiro atoms. The van der Waals surface area contributed by atoms with Crippen molar-refractivity contribution < 1.29 is 42.8 Å². The Morgan fingerprint density at radius 1 is 0.434 bits per heavy atom. The van der Waals surface area contributed by atoms with Gasteiger partial charge in [-0.05, 0) is 71.1 Å². The third-order valence-electron chi connectivity index (χ3n) is 8.91. The topological polar surface area (TPSA) is 107 Å². The molecule has 4 rings (SSSR count). The van der Waals surface area contributed by atoms with E-state index in [-0.39, 0.29) is 45.1 Å². The molecule has 0 saturated heterocycles. The maximum absolute atomic E-state index is 11.4. The lowest BCUT2D eigenvalue weighted by atomic mass is 9.70. The molecule has 0 fully saturated rings. The summed E-state index contributed by atoms with van der Waals surface area (Å²) in [7, 11) is 0. The largest absolute Gasteiger partial charge is 0.490 e. The number of hydrogen-bond donors (Lipinski definition) is 0. The van der Waals surface area contributed by atoms with Crippen molar-refractivity contribution in [3.05, 3.63) is 163 Å². The molecule has 0 radical (unpaired) electrons. The maximum Gasteiger partial charge on any atom is 0.330 e. The molecule has 0 amide bonds. The molecule has 0 aliphatic carbocycles. The minimum Gasteiger partial charge on any atom is -0.490 e. The second-order valence-corrected chi connectivity index (χ2v) is 12.6. The number of hydrogen-bond acceptors (Lipinski definition) is 9. The van der Waals surface area contributed by atoms with Crippen LogP contribution in [-0.2, 0) is 39.4 Å². The van der Waals surface area contributed by atoms with Gasteiger partial charge in [0.05, 0.1) is 0 Å². The van der Waals surface area contributed by atoms with Crippen LogP contribution in [0.3, 0.4) is 0 Å². The van der Waals surface area contributed by atoms with Crippen LogP contribution in [-0.4, -0.2) is 57.5 Å². The summed E-state index contributed by atoms with van der Waals surface area (Å²) in [5, 5.41) is 0. The van der Waals surface area contributed by atoms with Crippen molar-refractivity contribution in [2.45, 2.75) is 31.6 Å². The quantitative estimate of drug-likeness (QED) is 0.0299. The fourth-order valence-corrected chi connectivity index (χ4v) is 5.71. The fourth-order valence-electron chi connectivity index (χ4n) is 5.71. The van der Waals surface area contributed by atoms with Crippen LogP contribution in [0.5, 0.6) is 17.2 Å². The van der Waals surface area contributed by atoms with E-state index in [0.717, 1.165) is 46.0 Å². The zero-order valence-electron chi connectivity index (χ0n) is 30.5. The van der Waals surface area contributed by atoms with Crippen molar-refractivity contribution in [3.8, 4) is 17.2 Å². The van der Waals surface area contributed by atoms with Crippen LogP contribution in [0.1, 0.15) is 48.6 Å². The van der Waals surface area contributed by atoms with Crippen LogP contribution in [0.25, 0.3) is 0 Å². The average molecular weight is 719 g/mol. The number of rotatable bonds is 20. The second-order valence-electron chi connectivity index (χ2n) is 12.6. The van der Waals surface area contributed by atoms with Crippen molar-refractivity contribution in [1.82, 2.24) is 0 Å². The lowest BCUT2D eigenvalue weighted by molar-refractivity contribution is -0.139. The summed E-state index contributed by atoms with van der Waals surface area (Å²) in [6, 6.07) is 32.3. The molecule has 0 saturated carbocycles. The first kappa shape index (κ1) is 39.7. The van der Waals surface area contributed by atoms with Crippen LogP contribution in [0.15, 0.2) is 135 Å².